The van der Waals surface area contributed by atoms with Crippen LogP contribution in [0.25, 0.3) is 0 Å². The Morgan fingerprint density at radius 2 is 2.05 bits per heavy atom. The molecule has 112 valence electrons. The van der Waals surface area contributed by atoms with Gasteiger partial charge >= 0.3 is 0 Å². The number of aromatic nitrogens is 1. The highest BCUT2D eigenvalue weighted by atomic mass is 32.2. The fourth-order valence-corrected chi connectivity index (χ4v) is 3.85. The lowest BCUT2D eigenvalue weighted by Crippen LogP contribution is -2.33. The van der Waals surface area contributed by atoms with E-state index in [0.717, 1.165) is 24.8 Å². The molecule has 2 N–H and O–H groups in total. The molecule has 1 aromatic rings. The second kappa shape index (κ2) is 5.79. The lowest BCUT2D eigenvalue weighted by atomic mass is 9.85. The average molecular weight is 297 g/mol. The van der Waals surface area contributed by atoms with Crippen molar-refractivity contribution < 1.29 is 8.42 Å². The zero-order valence-electron chi connectivity index (χ0n) is 12.2. The van der Waals surface area contributed by atoms with E-state index in [0.29, 0.717) is 19.6 Å². The van der Waals surface area contributed by atoms with Crippen molar-refractivity contribution in [1.29, 1.82) is 0 Å². The van der Waals surface area contributed by atoms with Crippen LogP contribution in [0.2, 0.25) is 0 Å². The van der Waals surface area contributed by atoms with Crippen molar-refractivity contribution in [3.63, 3.8) is 0 Å². The van der Waals surface area contributed by atoms with Gasteiger partial charge in [-0.3, -0.25) is 0 Å². The molecular weight excluding hydrogens is 274 g/mol. The van der Waals surface area contributed by atoms with Crippen molar-refractivity contribution in [3.05, 3.63) is 23.9 Å². The number of pyridine rings is 1. The molecule has 0 amide bonds. The quantitative estimate of drug-likeness (QED) is 0.922. The third-order valence-corrected chi connectivity index (χ3v) is 5.75. The van der Waals surface area contributed by atoms with Gasteiger partial charge in [-0.1, -0.05) is 19.9 Å². The molecule has 2 heterocycles. The largest absolute Gasteiger partial charge is 0.326 e. The maximum absolute atomic E-state index is 12.6. The van der Waals surface area contributed by atoms with Gasteiger partial charge in [0.25, 0.3) is 10.0 Å². The van der Waals surface area contributed by atoms with Crippen molar-refractivity contribution in [2.45, 2.75) is 44.7 Å². The van der Waals surface area contributed by atoms with Crippen LogP contribution in [0.4, 0.5) is 0 Å². The van der Waals surface area contributed by atoms with Gasteiger partial charge in [-0.2, -0.15) is 4.31 Å². The summed E-state index contributed by atoms with van der Waals surface area (Å²) < 4.78 is 26.7. The Balaban J connectivity index is 2.20. The van der Waals surface area contributed by atoms with E-state index in [-0.39, 0.29) is 10.4 Å². The van der Waals surface area contributed by atoms with Crippen molar-refractivity contribution >= 4 is 10.0 Å². The first-order valence-corrected chi connectivity index (χ1v) is 8.44. The highest BCUT2D eigenvalue weighted by molar-refractivity contribution is 7.89. The molecule has 2 rings (SSSR count). The van der Waals surface area contributed by atoms with E-state index in [1.807, 2.05) is 0 Å². The molecule has 0 aromatic carbocycles. The van der Waals surface area contributed by atoms with Crippen molar-refractivity contribution in [2.24, 2.45) is 11.1 Å². The molecule has 1 aliphatic heterocycles. The number of nitrogens with zero attached hydrogens (tertiary/aromatic N) is 2. The maximum Gasteiger partial charge on any atom is 0.260 e. The molecule has 0 atom stereocenters. The summed E-state index contributed by atoms with van der Waals surface area (Å²) in [5.74, 6) is 0. The zero-order chi connectivity index (χ0) is 14.8. The van der Waals surface area contributed by atoms with Crippen LogP contribution in [-0.2, 0) is 16.6 Å². The van der Waals surface area contributed by atoms with Gasteiger partial charge in [-0.25, -0.2) is 13.4 Å². The van der Waals surface area contributed by atoms with Crippen LogP contribution in [0.3, 0.4) is 0 Å². The molecular formula is C14H23N3O2S. The minimum Gasteiger partial charge on any atom is -0.326 e. The summed E-state index contributed by atoms with van der Waals surface area (Å²) in [4.78, 5) is 4.05. The first kappa shape index (κ1) is 15.4. The third kappa shape index (κ3) is 3.37. The molecule has 0 aliphatic carbocycles. The normalized spacial score (nSPS) is 20.6. The van der Waals surface area contributed by atoms with Gasteiger partial charge < -0.3 is 5.73 Å². The lowest BCUT2D eigenvalue weighted by Gasteiger charge is -2.22. The molecule has 0 spiro atoms. The number of hydrogen-bond acceptors (Lipinski definition) is 4. The number of nitrogens with two attached hydrogens (primary N) is 1. The number of hydrogen-bond donors (Lipinski definition) is 1. The van der Waals surface area contributed by atoms with E-state index < -0.39 is 10.0 Å². The Morgan fingerprint density at radius 3 is 2.65 bits per heavy atom. The summed E-state index contributed by atoms with van der Waals surface area (Å²) in [6.45, 7) is 5.89. The summed E-state index contributed by atoms with van der Waals surface area (Å²) in [6.07, 6.45) is 4.37. The molecule has 20 heavy (non-hydrogen) atoms. The van der Waals surface area contributed by atoms with Gasteiger partial charge in [0.1, 0.15) is 0 Å². The van der Waals surface area contributed by atoms with Crippen molar-refractivity contribution in [1.82, 2.24) is 9.29 Å². The molecule has 0 saturated carbocycles. The predicted octanol–water partition coefficient (Wildman–Crippen LogP) is 1.74. The molecule has 0 bridgehead atoms. The van der Waals surface area contributed by atoms with Gasteiger partial charge in [-0.15, -0.1) is 0 Å². The molecule has 5 nitrogen and oxygen atoms in total. The van der Waals surface area contributed by atoms with Crippen LogP contribution >= 0.6 is 0 Å². The molecule has 1 aromatic heterocycles. The average Bonchev–Trinajstić information content (AvgIpc) is 2.60. The highest BCUT2D eigenvalue weighted by Crippen LogP contribution is 2.31. The van der Waals surface area contributed by atoms with E-state index in [9.17, 15) is 8.42 Å². The fraction of sp³-hybridized carbons (Fsp3) is 0.643. The van der Waals surface area contributed by atoms with E-state index in [2.05, 4.69) is 18.8 Å². The van der Waals surface area contributed by atoms with E-state index in [4.69, 9.17) is 5.73 Å². The van der Waals surface area contributed by atoms with Crippen LogP contribution in [-0.4, -0.2) is 30.8 Å². The molecule has 0 unspecified atom stereocenters. The second-order valence-corrected chi connectivity index (χ2v) is 8.02. The van der Waals surface area contributed by atoms with E-state index in [1.165, 1.54) is 6.20 Å². The Morgan fingerprint density at radius 1 is 1.30 bits per heavy atom. The third-order valence-electron chi connectivity index (χ3n) is 3.94. The minimum absolute atomic E-state index is 0.120. The Labute approximate surface area is 121 Å². The first-order chi connectivity index (χ1) is 9.35. The van der Waals surface area contributed by atoms with E-state index >= 15 is 0 Å². The van der Waals surface area contributed by atoms with Crippen LogP contribution in [0.1, 0.15) is 38.7 Å². The molecule has 6 heteroatoms. The Hall–Kier alpha value is -0.980. The monoisotopic (exact) mass is 297 g/mol. The second-order valence-electron chi connectivity index (χ2n) is 6.13. The minimum atomic E-state index is -3.48. The number of rotatable bonds is 3. The molecule has 1 saturated heterocycles. The van der Waals surface area contributed by atoms with Gasteiger partial charge in [0.2, 0.25) is 0 Å². The smallest absolute Gasteiger partial charge is 0.260 e. The Bertz CT molecular complexity index is 552. The summed E-state index contributed by atoms with van der Waals surface area (Å²) in [7, 11) is -3.48. The topological polar surface area (TPSA) is 76.3 Å². The molecule has 0 radical (unpaired) electrons. The highest BCUT2D eigenvalue weighted by Gasteiger charge is 2.31. The summed E-state index contributed by atoms with van der Waals surface area (Å²) in [5.41, 5.74) is 6.55. The summed E-state index contributed by atoms with van der Waals surface area (Å²) >= 11 is 0. The van der Waals surface area contributed by atoms with Gasteiger partial charge in [0, 0.05) is 25.8 Å². The van der Waals surface area contributed by atoms with Gasteiger partial charge in [-0.05, 0) is 36.3 Å². The van der Waals surface area contributed by atoms with E-state index in [1.54, 1.807) is 16.4 Å². The predicted molar refractivity (Wildman–Crippen MR) is 78.5 cm³/mol. The van der Waals surface area contributed by atoms with Crippen molar-refractivity contribution in [2.75, 3.05) is 13.1 Å². The fourth-order valence-electron chi connectivity index (χ4n) is 2.46. The van der Waals surface area contributed by atoms with Crippen LogP contribution in [0.15, 0.2) is 23.4 Å². The van der Waals surface area contributed by atoms with Crippen LogP contribution in [0, 0.1) is 5.41 Å². The SMILES string of the molecule is CC1(C)CCCN(S(=O)(=O)c2ccc(CN)cn2)CC1. The standard InChI is InChI=1S/C14H23N3O2S/c1-14(2)6-3-8-17(9-7-14)20(18,19)13-5-4-12(10-15)11-16-13/h4-5,11H,3,6-10,15H2,1-2H3. The van der Waals surface area contributed by atoms with Crippen LogP contribution < -0.4 is 5.73 Å². The lowest BCUT2D eigenvalue weighted by molar-refractivity contribution is 0.314. The summed E-state index contributed by atoms with van der Waals surface area (Å²) in [5, 5.41) is 0.120. The van der Waals surface area contributed by atoms with Crippen molar-refractivity contribution in [3.8, 4) is 0 Å². The maximum atomic E-state index is 12.6. The number of sulfonamides is 1. The molecule has 1 aliphatic rings. The van der Waals surface area contributed by atoms with Crippen LogP contribution in [0.5, 0.6) is 0 Å². The Kier molecular flexibility index (Phi) is 4.46. The summed E-state index contributed by atoms with van der Waals surface area (Å²) in [6, 6.07) is 3.27. The zero-order valence-corrected chi connectivity index (χ0v) is 13.0. The van der Waals surface area contributed by atoms with Gasteiger partial charge in [0.15, 0.2) is 5.03 Å². The van der Waals surface area contributed by atoms with Gasteiger partial charge in [0.05, 0.1) is 0 Å². The molecule has 1 fully saturated rings. The first-order valence-electron chi connectivity index (χ1n) is 7.00.